The summed E-state index contributed by atoms with van der Waals surface area (Å²) in [5.74, 6) is -0.242. The van der Waals surface area contributed by atoms with Crippen molar-refractivity contribution in [3.05, 3.63) is 90.8 Å². The van der Waals surface area contributed by atoms with Gasteiger partial charge in [-0.15, -0.1) is 0 Å². The van der Waals surface area contributed by atoms with E-state index in [0.29, 0.717) is 6.54 Å². The van der Waals surface area contributed by atoms with Gasteiger partial charge in [-0.25, -0.2) is 9.37 Å². The molecule has 6 rings (SSSR count). The molecule has 1 unspecified atom stereocenters. The molecule has 1 fully saturated rings. The molecule has 0 radical (unpaired) electrons. The summed E-state index contributed by atoms with van der Waals surface area (Å²) in [5.41, 5.74) is 7.10. The molecule has 1 atom stereocenters. The van der Waals surface area contributed by atoms with E-state index in [9.17, 15) is 9.50 Å². The minimum Gasteiger partial charge on any atom is -0.392 e. The number of rotatable bonds is 7. The third-order valence-electron chi connectivity index (χ3n) is 7.17. The maximum absolute atomic E-state index is 13.6. The monoisotopic (exact) mass is 510 g/mol. The molecular weight excluding hydrogens is 479 g/mol. The third kappa shape index (κ3) is 5.18. The van der Waals surface area contributed by atoms with Crippen molar-refractivity contribution in [2.45, 2.75) is 19.6 Å². The Morgan fingerprint density at radius 1 is 0.974 bits per heavy atom. The summed E-state index contributed by atoms with van der Waals surface area (Å²) in [6, 6.07) is 17.4. The number of aromatic amines is 1. The van der Waals surface area contributed by atoms with Crippen molar-refractivity contribution in [3.63, 3.8) is 0 Å². The topological polar surface area (TPSA) is 73.2 Å². The number of hydrogen-bond donors (Lipinski definition) is 2. The second-order valence-corrected chi connectivity index (χ2v) is 10.1. The van der Waals surface area contributed by atoms with Gasteiger partial charge < -0.3 is 15.0 Å². The fourth-order valence-electron chi connectivity index (χ4n) is 5.24. The van der Waals surface area contributed by atoms with Crippen LogP contribution in [-0.4, -0.2) is 68.6 Å². The van der Waals surface area contributed by atoms with E-state index in [2.05, 4.69) is 55.2 Å². The van der Waals surface area contributed by atoms with Crippen LogP contribution >= 0.6 is 0 Å². The second kappa shape index (κ2) is 10.4. The van der Waals surface area contributed by atoms with Crippen molar-refractivity contribution in [1.29, 1.82) is 0 Å². The minimum atomic E-state index is -0.288. The maximum atomic E-state index is 13.6. The number of H-pyrrole nitrogens is 1. The number of fused-ring (bicyclic) bond motifs is 1. The van der Waals surface area contributed by atoms with E-state index in [1.165, 1.54) is 17.8 Å². The Morgan fingerprint density at radius 2 is 1.79 bits per heavy atom. The third-order valence-corrected chi connectivity index (χ3v) is 7.17. The Bertz CT molecular complexity index is 1530. The highest BCUT2D eigenvalue weighted by atomic mass is 19.1. The van der Waals surface area contributed by atoms with Crippen LogP contribution < -0.4 is 4.90 Å². The molecule has 7 nitrogen and oxygen atoms in total. The van der Waals surface area contributed by atoms with Gasteiger partial charge in [0.15, 0.2) is 0 Å². The number of nitrogens with one attached hydrogen (secondary N) is 1. The van der Waals surface area contributed by atoms with Gasteiger partial charge in [0.25, 0.3) is 0 Å². The average molecular weight is 511 g/mol. The number of aliphatic hydroxyl groups is 1. The van der Waals surface area contributed by atoms with E-state index in [1.807, 2.05) is 42.5 Å². The second-order valence-electron chi connectivity index (χ2n) is 10.1. The lowest BCUT2D eigenvalue weighted by atomic mass is 10.0. The molecule has 4 heterocycles. The fourth-order valence-corrected chi connectivity index (χ4v) is 5.24. The van der Waals surface area contributed by atoms with Crippen LogP contribution in [0, 0.1) is 5.82 Å². The Balaban J connectivity index is 1.19. The van der Waals surface area contributed by atoms with E-state index < -0.39 is 0 Å². The first-order chi connectivity index (χ1) is 18.5. The standard InChI is InChI=1S/C30H31FN6O/c1-21(38)18-35-9-11-36(12-10-35)27-7-5-23(6-8-27)24-14-28-29(17-33-30(28)32-15-24)25-16-34-37(20-25)19-22-3-2-4-26(31)13-22/h2-8,13-17,20-21,38H,9-12,18-19H2,1H3,(H,32,33). The Morgan fingerprint density at radius 3 is 2.55 bits per heavy atom. The highest BCUT2D eigenvalue weighted by Crippen LogP contribution is 2.31. The predicted molar refractivity (Wildman–Crippen MR) is 149 cm³/mol. The summed E-state index contributed by atoms with van der Waals surface area (Å²) in [4.78, 5) is 12.7. The van der Waals surface area contributed by atoms with Crippen molar-refractivity contribution >= 4 is 16.7 Å². The number of anilines is 1. The number of pyridine rings is 1. The Labute approximate surface area is 221 Å². The lowest BCUT2D eigenvalue weighted by Crippen LogP contribution is -2.48. The number of benzene rings is 2. The van der Waals surface area contributed by atoms with Crippen LogP contribution in [-0.2, 0) is 6.54 Å². The van der Waals surface area contributed by atoms with Crippen LogP contribution in [0.3, 0.4) is 0 Å². The van der Waals surface area contributed by atoms with Crippen molar-refractivity contribution in [2.24, 2.45) is 0 Å². The molecular formula is C30H31FN6O. The lowest BCUT2D eigenvalue weighted by Gasteiger charge is -2.36. The summed E-state index contributed by atoms with van der Waals surface area (Å²) in [7, 11) is 0. The van der Waals surface area contributed by atoms with Crippen LogP contribution in [0.15, 0.2) is 79.4 Å². The lowest BCUT2D eigenvalue weighted by molar-refractivity contribution is 0.123. The van der Waals surface area contributed by atoms with Gasteiger partial charge in [-0.05, 0) is 48.4 Å². The molecule has 0 spiro atoms. The highest BCUT2D eigenvalue weighted by Gasteiger charge is 2.18. The number of hydrogen-bond acceptors (Lipinski definition) is 5. The molecule has 8 heteroatoms. The SMILES string of the molecule is CC(O)CN1CCN(c2ccc(-c3cnc4[nH]cc(-c5cnn(Cc6cccc(F)c6)c5)c4c3)cc2)CC1. The summed E-state index contributed by atoms with van der Waals surface area (Å²) < 4.78 is 15.4. The van der Waals surface area contributed by atoms with Gasteiger partial charge in [0.05, 0.1) is 18.8 Å². The number of halogens is 1. The van der Waals surface area contributed by atoms with Crippen molar-refractivity contribution in [2.75, 3.05) is 37.6 Å². The van der Waals surface area contributed by atoms with Gasteiger partial charge in [0.2, 0.25) is 0 Å². The smallest absolute Gasteiger partial charge is 0.137 e. The van der Waals surface area contributed by atoms with E-state index in [4.69, 9.17) is 0 Å². The first-order valence-electron chi connectivity index (χ1n) is 13.0. The van der Waals surface area contributed by atoms with E-state index >= 15 is 0 Å². The molecule has 1 aliphatic heterocycles. The van der Waals surface area contributed by atoms with Gasteiger partial charge in [-0.2, -0.15) is 5.10 Å². The summed E-state index contributed by atoms with van der Waals surface area (Å²) in [6.45, 7) is 6.92. The molecule has 0 amide bonds. The predicted octanol–water partition coefficient (Wildman–Crippen LogP) is 4.78. The quantitative estimate of drug-likeness (QED) is 0.330. The Kier molecular flexibility index (Phi) is 6.66. The molecule has 2 aromatic carbocycles. The maximum Gasteiger partial charge on any atom is 0.137 e. The summed E-state index contributed by atoms with van der Waals surface area (Å²) in [6.07, 6.45) is 7.40. The molecule has 1 saturated heterocycles. The van der Waals surface area contributed by atoms with Crippen molar-refractivity contribution < 1.29 is 9.50 Å². The van der Waals surface area contributed by atoms with Crippen LogP contribution in [0.25, 0.3) is 33.3 Å². The minimum absolute atomic E-state index is 0.242. The molecule has 0 aliphatic carbocycles. The molecule has 5 aromatic rings. The first-order valence-corrected chi connectivity index (χ1v) is 13.0. The fraction of sp³-hybridized carbons (Fsp3) is 0.267. The molecule has 2 N–H and O–H groups in total. The van der Waals surface area contributed by atoms with Gasteiger partial charge >= 0.3 is 0 Å². The van der Waals surface area contributed by atoms with E-state index in [-0.39, 0.29) is 11.9 Å². The van der Waals surface area contributed by atoms with Gasteiger partial charge in [-0.1, -0.05) is 24.3 Å². The zero-order valence-corrected chi connectivity index (χ0v) is 21.4. The molecule has 3 aromatic heterocycles. The van der Waals surface area contributed by atoms with Crippen LogP contribution in [0.5, 0.6) is 0 Å². The summed E-state index contributed by atoms with van der Waals surface area (Å²) >= 11 is 0. The largest absolute Gasteiger partial charge is 0.392 e. The highest BCUT2D eigenvalue weighted by molar-refractivity contribution is 5.95. The number of aromatic nitrogens is 4. The first kappa shape index (κ1) is 24.3. The molecule has 194 valence electrons. The van der Waals surface area contributed by atoms with E-state index in [0.717, 1.165) is 71.6 Å². The zero-order chi connectivity index (χ0) is 26.1. The van der Waals surface area contributed by atoms with Crippen molar-refractivity contribution in [3.8, 4) is 22.3 Å². The van der Waals surface area contributed by atoms with Crippen molar-refractivity contribution in [1.82, 2.24) is 24.6 Å². The number of piperazine rings is 1. The molecule has 0 bridgehead atoms. The van der Waals surface area contributed by atoms with Gasteiger partial charge in [-0.3, -0.25) is 9.58 Å². The Hall–Kier alpha value is -4.01. The average Bonchev–Trinajstić information content (AvgIpc) is 3.55. The number of nitrogens with zero attached hydrogens (tertiary/aromatic N) is 5. The number of β-amino-alcohol motifs (C(OH)–C–C–N with tert-alkyl or cyclic N) is 1. The zero-order valence-electron chi connectivity index (χ0n) is 21.4. The molecule has 0 saturated carbocycles. The van der Waals surface area contributed by atoms with Gasteiger partial charge in [0.1, 0.15) is 11.5 Å². The van der Waals surface area contributed by atoms with Crippen LogP contribution in [0.4, 0.5) is 10.1 Å². The normalized spacial score (nSPS) is 15.3. The van der Waals surface area contributed by atoms with Gasteiger partial charge in [0, 0.05) is 79.1 Å². The van der Waals surface area contributed by atoms with Crippen LogP contribution in [0.2, 0.25) is 0 Å². The number of aliphatic hydroxyl groups excluding tert-OH is 1. The molecule has 38 heavy (non-hydrogen) atoms. The van der Waals surface area contributed by atoms with Crippen LogP contribution in [0.1, 0.15) is 12.5 Å². The van der Waals surface area contributed by atoms with E-state index in [1.54, 1.807) is 6.07 Å². The summed E-state index contributed by atoms with van der Waals surface area (Å²) in [5, 5.41) is 15.2. The molecule has 1 aliphatic rings.